The van der Waals surface area contributed by atoms with Crippen LogP contribution >= 0.6 is 22.7 Å². The summed E-state index contributed by atoms with van der Waals surface area (Å²) in [6.45, 7) is 2.16. The summed E-state index contributed by atoms with van der Waals surface area (Å²) in [6.07, 6.45) is 0. The molecular formula is C21H17N5O2S2. The van der Waals surface area contributed by atoms with E-state index in [1.807, 2.05) is 59.5 Å². The fraction of sp³-hybridized carbons (Fsp3) is 0.143. The Morgan fingerprint density at radius 3 is 2.83 bits per heavy atom. The van der Waals surface area contributed by atoms with Crippen molar-refractivity contribution < 1.29 is 4.79 Å². The van der Waals surface area contributed by atoms with Crippen LogP contribution in [-0.4, -0.2) is 37.6 Å². The van der Waals surface area contributed by atoms with Crippen LogP contribution in [0.3, 0.4) is 0 Å². The third kappa shape index (κ3) is 3.12. The van der Waals surface area contributed by atoms with Gasteiger partial charge in [-0.25, -0.2) is 9.67 Å². The van der Waals surface area contributed by atoms with Crippen LogP contribution in [0.15, 0.2) is 52.6 Å². The van der Waals surface area contributed by atoms with Gasteiger partial charge < -0.3 is 9.88 Å². The number of aromatic amines is 1. The quantitative estimate of drug-likeness (QED) is 0.463. The number of carbonyl (C=O) groups is 1. The number of aromatic nitrogens is 4. The number of aryl methyl sites for hydroxylation is 1. The van der Waals surface area contributed by atoms with Gasteiger partial charge in [0, 0.05) is 12.4 Å². The van der Waals surface area contributed by atoms with Gasteiger partial charge in [-0.15, -0.1) is 22.7 Å². The molecule has 0 fully saturated rings. The molecule has 0 radical (unpaired) electrons. The molecule has 0 bridgehead atoms. The Labute approximate surface area is 179 Å². The first-order valence-electron chi connectivity index (χ1n) is 9.28. The average Bonchev–Trinajstić information content (AvgIpc) is 3.45. The van der Waals surface area contributed by atoms with Crippen LogP contribution in [0.25, 0.3) is 26.1 Å². The van der Waals surface area contributed by atoms with E-state index in [0.717, 1.165) is 21.6 Å². The molecule has 0 spiro atoms. The molecule has 1 N–H and O–H groups in total. The summed E-state index contributed by atoms with van der Waals surface area (Å²) in [7, 11) is 1.71. The highest BCUT2D eigenvalue weighted by Gasteiger charge is 2.20. The fourth-order valence-corrected chi connectivity index (χ4v) is 5.28. The molecule has 1 aromatic carbocycles. The number of carbonyl (C=O) groups excluding carboxylic acids is 1. The second-order valence-corrected chi connectivity index (χ2v) is 8.92. The van der Waals surface area contributed by atoms with Gasteiger partial charge in [-0.1, -0.05) is 18.2 Å². The van der Waals surface area contributed by atoms with Crippen molar-refractivity contribution in [1.29, 1.82) is 0 Å². The number of thiophene rings is 2. The maximum Gasteiger partial charge on any atom is 0.268 e. The monoisotopic (exact) mass is 435 g/mol. The first-order chi connectivity index (χ1) is 14.5. The summed E-state index contributed by atoms with van der Waals surface area (Å²) >= 11 is 2.77. The molecule has 7 nitrogen and oxygen atoms in total. The van der Waals surface area contributed by atoms with Crippen molar-refractivity contribution in [2.45, 2.75) is 13.5 Å². The van der Waals surface area contributed by atoms with Gasteiger partial charge in [-0.05, 0) is 36.6 Å². The van der Waals surface area contributed by atoms with Crippen molar-refractivity contribution in [3.8, 4) is 5.69 Å². The molecule has 1 amide bonds. The van der Waals surface area contributed by atoms with Crippen molar-refractivity contribution in [1.82, 2.24) is 24.6 Å². The highest BCUT2D eigenvalue weighted by molar-refractivity contribution is 7.20. The Hall–Kier alpha value is -3.30. The molecule has 0 atom stereocenters. The largest absolute Gasteiger partial charge is 0.334 e. The normalized spacial score (nSPS) is 11.4. The molecule has 4 aromatic heterocycles. The van der Waals surface area contributed by atoms with Crippen LogP contribution in [0, 0.1) is 6.92 Å². The lowest BCUT2D eigenvalue weighted by atomic mass is 10.3. The van der Waals surface area contributed by atoms with Crippen LogP contribution in [0.4, 0.5) is 0 Å². The third-order valence-corrected chi connectivity index (χ3v) is 6.85. The molecule has 0 aliphatic rings. The first kappa shape index (κ1) is 18.7. The van der Waals surface area contributed by atoms with Crippen molar-refractivity contribution in [3.05, 3.63) is 74.6 Å². The molecule has 0 saturated carbocycles. The molecule has 0 saturated heterocycles. The highest BCUT2D eigenvalue weighted by Crippen LogP contribution is 2.31. The summed E-state index contributed by atoms with van der Waals surface area (Å²) in [6, 6.07) is 13.6. The lowest BCUT2D eigenvalue weighted by Gasteiger charge is -2.15. The van der Waals surface area contributed by atoms with E-state index in [1.165, 1.54) is 22.7 Å². The Bertz CT molecular complexity index is 1440. The van der Waals surface area contributed by atoms with E-state index in [0.29, 0.717) is 20.9 Å². The van der Waals surface area contributed by atoms with E-state index < -0.39 is 0 Å². The van der Waals surface area contributed by atoms with E-state index in [9.17, 15) is 9.59 Å². The SMILES string of the molecule is Cc1nn(-c2ccccc2)c2sc(C(=O)N(C)Cc3nc4ccsc4c(=O)[nH]3)cc12. The molecular weight excluding hydrogens is 418 g/mol. The lowest BCUT2D eigenvalue weighted by molar-refractivity contribution is 0.0786. The second kappa shape index (κ2) is 7.19. The molecule has 9 heteroatoms. The van der Waals surface area contributed by atoms with Crippen LogP contribution in [0.5, 0.6) is 0 Å². The number of rotatable bonds is 4. The highest BCUT2D eigenvalue weighted by atomic mass is 32.1. The maximum absolute atomic E-state index is 13.1. The number of hydrogen-bond acceptors (Lipinski definition) is 6. The summed E-state index contributed by atoms with van der Waals surface area (Å²) in [5.74, 6) is 0.345. The minimum absolute atomic E-state index is 0.122. The van der Waals surface area contributed by atoms with Crippen molar-refractivity contribution in [2.24, 2.45) is 0 Å². The van der Waals surface area contributed by atoms with E-state index in [1.54, 1.807) is 11.9 Å². The lowest BCUT2D eigenvalue weighted by Crippen LogP contribution is -2.27. The molecule has 150 valence electrons. The van der Waals surface area contributed by atoms with Crippen LogP contribution in [0.2, 0.25) is 0 Å². The molecule has 30 heavy (non-hydrogen) atoms. The summed E-state index contributed by atoms with van der Waals surface area (Å²) in [5, 5.41) is 7.42. The van der Waals surface area contributed by atoms with Crippen LogP contribution in [0.1, 0.15) is 21.2 Å². The van der Waals surface area contributed by atoms with Crippen molar-refractivity contribution >= 4 is 49.0 Å². The minimum atomic E-state index is -0.175. The minimum Gasteiger partial charge on any atom is -0.334 e. The zero-order valence-corrected chi connectivity index (χ0v) is 17.9. The summed E-state index contributed by atoms with van der Waals surface area (Å²) in [5.41, 5.74) is 2.31. The second-order valence-electron chi connectivity index (χ2n) is 6.97. The smallest absolute Gasteiger partial charge is 0.268 e. The Balaban J connectivity index is 1.46. The van der Waals surface area contributed by atoms with E-state index in [4.69, 9.17) is 0 Å². The number of nitrogens with one attached hydrogen (secondary N) is 1. The van der Waals surface area contributed by atoms with Gasteiger partial charge >= 0.3 is 0 Å². The zero-order chi connectivity index (χ0) is 20.8. The van der Waals surface area contributed by atoms with Gasteiger partial charge in [0.05, 0.1) is 28.3 Å². The van der Waals surface area contributed by atoms with Gasteiger partial charge in [-0.3, -0.25) is 9.59 Å². The number of hydrogen-bond donors (Lipinski definition) is 1. The average molecular weight is 436 g/mol. The summed E-state index contributed by atoms with van der Waals surface area (Å²) in [4.78, 5) is 35.6. The number of H-pyrrole nitrogens is 1. The number of benzene rings is 1. The molecule has 0 unspecified atom stereocenters. The third-order valence-electron chi connectivity index (χ3n) is 4.85. The van der Waals surface area contributed by atoms with Gasteiger partial charge in [0.15, 0.2) is 0 Å². The number of amides is 1. The number of fused-ring (bicyclic) bond motifs is 2. The molecule has 5 aromatic rings. The van der Waals surface area contributed by atoms with Crippen LogP contribution < -0.4 is 5.56 Å². The molecule has 5 rings (SSSR count). The predicted octanol–water partition coefficient (Wildman–Crippen LogP) is 3.97. The maximum atomic E-state index is 13.1. The van der Waals surface area contributed by atoms with Gasteiger partial charge in [0.2, 0.25) is 0 Å². The van der Waals surface area contributed by atoms with Crippen molar-refractivity contribution in [3.63, 3.8) is 0 Å². The predicted molar refractivity (Wildman–Crippen MR) is 120 cm³/mol. The zero-order valence-electron chi connectivity index (χ0n) is 16.2. The van der Waals surface area contributed by atoms with Gasteiger partial charge in [0.1, 0.15) is 15.4 Å². The number of nitrogens with zero attached hydrogens (tertiary/aromatic N) is 4. The first-order valence-corrected chi connectivity index (χ1v) is 11.0. The molecule has 0 aliphatic heterocycles. The fourth-order valence-electron chi connectivity index (χ4n) is 3.38. The van der Waals surface area contributed by atoms with E-state index >= 15 is 0 Å². The van der Waals surface area contributed by atoms with E-state index in [2.05, 4.69) is 15.1 Å². The number of para-hydroxylation sites is 1. The molecule has 4 heterocycles. The standard InChI is InChI=1S/C21H17N5O2S2/c1-12-14-10-16(30-21(14)26(24-12)13-6-4-3-5-7-13)20(28)25(2)11-17-22-15-8-9-29-18(15)19(27)23-17/h3-10H,11H2,1-2H3,(H,22,23,27). The summed E-state index contributed by atoms with van der Waals surface area (Å²) < 4.78 is 2.47. The Kier molecular flexibility index (Phi) is 4.48. The Morgan fingerprint density at radius 2 is 2.03 bits per heavy atom. The van der Waals surface area contributed by atoms with Crippen molar-refractivity contribution in [2.75, 3.05) is 7.05 Å². The van der Waals surface area contributed by atoms with E-state index in [-0.39, 0.29) is 18.0 Å². The molecule has 0 aliphatic carbocycles. The van der Waals surface area contributed by atoms with Gasteiger partial charge in [-0.2, -0.15) is 5.10 Å². The Morgan fingerprint density at radius 1 is 1.23 bits per heavy atom. The van der Waals surface area contributed by atoms with Crippen LogP contribution in [-0.2, 0) is 6.54 Å². The topological polar surface area (TPSA) is 83.9 Å². The van der Waals surface area contributed by atoms with Gasteiger partial charge in [0.25, 0.3) is 11.5 Å².